The van der Waals surface area contributed by atoms with Crippen LogP contribution in [-0.2, 0) is 11.8 Å². The molecule has 0 unspecified atom stereocenters. The zero-order valence-corrected chi connectivity index (χ0v) is 7.99. The number of aromatic nitrogens is 1. The lowest BCUT2D eigenvalue weighted by molar-refractivity contribution is -0.117. The predicted molar refractivity (Wildman–Crippen MR) is 53.0 cm³/mol. The number of nitrogens with zero attached hydrogens (tertiary/aromatic N) is 1. The van der Waals surface area contributed by atoms with E-state index in [1.54, 1.807) is 25.4 Å². The first-order valence-electron chi connectivity index (χ1n) is 4.65. The van der Waals surface area contributed by atoms with Crippen molar-refractivity contribution in [2.45, 2.75) is 12.8 Å². The molecule has 1 amide bonds. The van der Waals surface area contributed by atoms with E-state index in [1.807, 2.05) is 0 Å². The quantitative estimate of drug-likeness (QED) is 0.751. The van der Waals surface area contributed by atoms with Crippen LogP contribution in [0, 0.1) is 5.92 Å². The molecule has 0 aromatic carbocycles. The fourth-order valence-electron chi connectivity index (χ4n) is 1.27. The van der Waals surface area contributed by atoms with Gasteiger partial charge in [0.1, 0.15) is 5.69 Å². The standard InChI is InChI=1S/C10H12N2O2/c1-12-6-2-3-8(10(12)14)11-9(13)7-4-5-7/h2-3,6-7H,4-5H2,1H3,(H,11,13). The molecule has 1 N–H and O–H groups in total. The maximum atomic E-state index is 11.5. The topological polar surface area (TPSA) is 51.1 Å². The van der Waals surface area contributed by atoms with Gasteiger partial charge in [0, 0.05) is 19.2 Å². The normalized spacial score (nSPS) is 15.2. The molecule has 0 aliphatic heterocycles. The zero-order chi connectivity index (χ0) is 10.1. The summed E-state index contributed by atoms with van der Waals surface area (Å²) in [5.74, 6) is 0.0909. The molecule has 2 rings (SSSR count). The average molecular weight is 192 g/mol. The second-order valence-electron chi connectivity index (χ2n) is 3.60. The second kappa shape index (κ2) is 3.29. The minimum absolute atomic E-state index is 0.0340. The molecular formula is C10H12N2O2. The lowest BCUT2D eigenvalue weighted by atomic mass is 10.3. The summed E-state index contributed by atoms with van der Waals surface area (Å²) in [6.45, 7) is 0. The fourth-order valence-corrected chi connectivity index (χ4v) is 1.27. The van der Waals surface area contributed by atoms with Crippen molar-refractivity contribution >= 4 is 11.6 Å². The Morgan fingerprint density at radius 1 is 1.57 bits per heavy atom. The van der Waals surface area contributed by atoms with Crippen LogP contribution in [0.25, 0.3) is 0 Å². The lowest BCUT2D eigenvalue weighted by Crippen LogP contribution is -2.24. The number of hydrogen-bond donors (Lipinski definition) is 1. The summed E-state index contributed by atoms with van der Waals surface area (Å²) in [7, 11) is 1.66. The minimum atomic E-state index is -0.165. The van der Waals surface area contributed by atoms with Gasteiger partial charge >= 0.3 is 0 Å². The number of anilines is 1. The molecule has 1 saturated carbocycles. The van der Waals surface area contributed by atoms with Gasteiger partial charge in [-0.2, -0.15) is 0 Å². The number of amides is 1. The first-order chi connectivity index (χ1) is 6.68. The number of nitrogens with one attached hydrogen (secondary N) is 1. The third-order valence-corrected chi connectivity index (χ3v) is 2.33. The number of rotatable bonds is 2. The molecule has 1 heterocycles. The summed E-state index contributed by atoms with van der Waals surface area (Å²) in [4.78, 5) is 22.9. The van der Waals surface area contributed by atoms with Crippen LogP contribution in [0.3, 0.4) is 0 Å². The molecule has 1 fully saturated rings. The third kappa shape index (κ3) is 1.69. The lowest BCUT2D eigenvalue weighted by Gasteiger charge is -2.04. The largest absolute Gasteiger partial charge is 0.321 e. The predicted octanol–water partition coefficient (Wildman–Crippen LogP) is 0.734. The monoisotopic (exact) mass is 192 g/mol. The van der Waals surface area contributed by atoms with Gasteiger partial charge in [0.2, 0.25) is 5.91 Å². The highest BCUT2D eigenvalue weighted by molar-refractivity contribution is 5.93. The van der Waals surface area contributed by atoms with Crippen LogP contribution in [0.4, 0.5) is 5.69 Å². The summed E-state index contributed by atoms with van der Waals surface area (Å²) in [5.41, 5.74) is 0.202. The van der Waals surface area contributed by atoms with Crippen LogP contribution in [0.15, 0.2) is 23.1 Å². The highest BCUT2D eigenvalue weighted by atomic mass is 16.2. The van der Waals surface area contributed by atoms with Crippen molar-refractivity contribution in [3.8, 4) is 0 Å². The number of carbonyl (C=O) groups excluding carboxylic acids is 1. The first kappa shape index (κ1) is 8.99. The van der Waals surface area contributed by atoms with Crippen molar-refractivity contribution in [3.05, 3.63) is 28.7 Å². The van der Waals surface area contributed by atoms with Gasteiger partial charge in [-0.05, 0) is 25.0 Å². The van der Waals surface area contributed by atoms with Crippen molar-refractivity contribution in [2.24, 2.45) is 13.0 Å². The summed E-state index contributed by atoms with van der Waals surface area (Å²) in [6.07, 6.45) is 3.55. The fraction of sp³-hybridized carbons (Fsp3) is 0.400. The summed E-state index contributed by atoms with van der Waals surface area (Å²) in [5, 5.41) is 2.64. The smallest absolute Gasteiger partial charge is 0.274 e. The van der Waals surface area contributed by atoms with Crippen molar-refractivity contribution < 1.29 is 4.79 Å². The molecule has 0 bridgehead atoms. The van der Waals surface area contributed by atoms with Crippen LogP contribution in [-0.4, -0.2) is 10.5 Å². The second-order valence-corrected chi connectivity index (χ2v) is 3.60. The SMILES string of the molecule is Cn1cccc(NC(=O)C2CC2)c1=O. The van der Waals surface area contributed by atoms with Gasteiger partial charge in [0.15, 0.2) is 0 Å². The Morgan fingerprint density at radius 2 is 2.29 bits per heavy atom. The van der Waals surface area contributed by atoms with E-state index in [-0.39, 0.29) is 17.4 Å². The molecule has 1 aliphatic rings. The van der Waals surface area contributed by atoms with E-state index in [2.05, 4.69) is 5.32 Å². The number of aryl methyl sites for hydroxylation is 1. The number of hydrogen-bond acceptors (Lipinski definition) is 2. The molecule has 0 saturated heterocycles. The van der Waals surface area contributed by atoms with Gasteiger partial charge < -0.3 is 9.88 Å². The number of carbonyl (C=O) groups is 1. The molecule has 1 aromatic rings. The van der Waals surface area contributed by atoms with E-state index < -0.39 is 0 Å². The summed E-state index contributed by atoms with van der Waals surface area (Å²) in [6, 6.07) is 3.37. The molecule has 0 atom stereocenters. The third-order valence-electron chi connectivity index (χ3n) is 2.33. The van der Waals surface area contributed by atoms with Gasteiger partial charge in [-0.15, -0.1) is 0 Å². The van der Waals surface area contributed by atoms with E-state index in [0.717, 1.165) is 12.8 Å². The first-order valence-corrected chi connectivity index (χ1v) is 4.65. The van der Waals surface area contributed by atoms with Crippen molar-refractivity contribution in [2.75, 3.05) is 5.32 Å². The van der Waals surface area contributed by atoms with E-state index in [4.69, 9.17) is 0 Å². The molecule has 74 valence electrons. The molecule has 4 heteroatoms. The highest BCUT2D eigenvalue weighted by Crippen LogP contribution is 2.29. The van der Waals surface area contributed by atoms with E-state index in [0.29, 0.717) is 5.69 Å². The van der Waals surface area contributed by atoms with E-state index in [1.165, 1.54) is 4.57 Å². The van der Waals surface area contributed by atoms with Crippen LogP contribution in [0.1, 0.15) is 12.8 Å². The van der Waals surface area contributed by atoms with Crippen molar-refractivity contribution in [1.29, 1.82) is 0 Å². The number of pyridine rings is 1. The Labute approximate surface area is 81.6 Å². The molecule has 0 radical (unpaired) electrons. The summed E-state index contributed by atoms with van der Waals surface area (Å²) >= 11 is 0. The summed E-state index contributed by atoms with van der Waals surface area (Å²) < 4.78 is 1.45. The average Bonchev–Trinajstić information content (AvgIpc) is 2.95. The van der Waals surface area contributed by atoms with Crippen molar-refractivity contribution in [3.63, 3.8) is 0 Å². The van der Waals surface area contributed by atoms with Gasteiger partial charge in [-0.25, -0.2) is 0 Å². The highest BCUT2D eigenvalue weighted by Gasteiger charge is 2.29. The molecule has 4 nitrogen and oxygen atoms in total. The Balaban J connectivity index is 2.19. The maximum Gasteiger partial charge on any atom is 0.274 e. The van der Waals surface area contributed by atoms with Crippen LogP contribution >= 0.6 is 0 Å². The zero-order valence-electron chi connectivity index (χ0n) is 7.99. The van der Waals surface area contributed by atoms with Crippen molar-refractivity contribution in [1.82, 2.24) is 4.57 Å². The Bertz CT molecular complexity index is 418. The molecular weight excluding hydrogens is 180 g/mol. The Kier molecular flexibility index (Phi) is 2.11. The van der Waals surface area contributed by atoms with Crippen LogP contribution in [0.5, 0.6) is 0 Å². The van der Waals surface area contributed by atoms with Crippen LogP contribution < -0.4 is 10.9 Å². The van der Waals surface area contributed by atoms with Gasteiger partial charge in [0.05, 0.1) is 0 Å². The Hall–Kier alpha value is -1.58. The van der Waals surface area contributed by atoms with E-state index in [9.17, 15) is 9.59 Å². The molecule has 1 aromatic heterocycles. The minimum Gasteiger partial charge on any atom is -0.321 e. The molecule has 14 heavy (non-hydrogen) atoms. The molecule has 1 aliphatic carbocycles. The molecule has 0 spiro atoms. The van der Waals surface area contributed by atoms with Crippen LogP contribution in [0.2, 0.25) is 0 Å². The van der Waals surface area contributed by atoms with Gasteiger partial charge in [0.25, 0.3) is 5.56 Å². The van der Waals surface area contributed by atoms with E-state index >= 15 is 0 Å². The maximum absolute atomic E-state index is 11.5. The van der Waals surface area contributed by atoms with Gasteiger partial charge in [-0.3, -0.25) is 9.59 Å². The Morgan fingerprint density at radius 3 is 2.93 bits per heavy atom. The van der Waals surface area contributed by atoms with Gasteiger partial charge in [-0.1, -0.05) is 0 Å².